The van der Waals surface area contributed by atoms with Crippen molar-refractivity contribution >= 4 is 6.03 Å². The zero-order valence-corrected chi connectivity index (χ0v) is 20.7. The quantitative estimate of drug-likeness (QED) is 0.320. The van der Waals surface area contributed by atoms with Crippen LogP contribution in [0.15, 0.2) is 97.2 Å². The summed E-state index contributed by atoms with van der Waals surface area (Å²) in [7, 11) is 0. The molecular weight excluding hydrogens is 484 g/mol. The summed E-state index contributed by atoms with van der Waals surface area (Å²) < 4.78 is 31.7. The van der Waals surface area contributed by atoms with E-state index in [0.717, 1.165) is 34.0 Å². The fourth-order valence-corrected chi connectivity index (χ4v) is 5.06. The van der Waals surface area contributed by atoms with E-state index in [2.05, 4.69) is 5.32 Å². The lowest BCUT2D eigenvalue weighted by Crippen LogP contribution is -2.41. The number of carbonyl (C=O) groups is 1. The van der Waals surface area contributed by atoms with E-state index in [1.807, 2.05) is 70.9 Å². The fourth-order valence-electron chi connectivity index (χ4n) is 5.06. The van der Waals surface area contributed by atoms with E-state index < -0.39 is 6.04 Å². The molecule has 0 aliphatic carbocycles. The second-order valence-corrected chi connectivity index (χ2v) is 9.31. The number of nitrogens with zero attached hydrogens (tertiary/aromatic N) is 4. The molecule has 1 aliphatic heterocycles. The second-order valence-electron chi connectivity index (χ2n) is 9.31. The van der Waals surface area contributed by atoms with Gasteiger partial charge in [-0.15, -0.1) is 0 Å². The number of urea groups is 1. The number of aryl methyl sites for hydroxylation is 1. The number of benzene rings is 3. The molecule has 3 heterocycles. The first-order valence-corrected chi connectivity index (χ1v) is 12.4. The van der Waals surface area contributed by atoms with Crippen molar-refractivity contribution in [2.75, 3.05) is 0 Å². The standard InChI is InChI=1S/C30H25F2N5O/c1-20-26-19-36(30(38)33-18-21-12-14-23(31)15-13-21)28(22-7-5-8-24(32)17-22)27-11-6-16-35(27)29(26)37(34-20)25-9-3-2-4-10-25/h2-17,28H,18-19H2,1H3,(H,33,38). The molecule has 6 nitrogen and oxygen atoms in total. The van der Waals surface area contributed by atoms with Gasteiger partial charge >= 0.3 is 6.03 Å². The van der Waals surface area contributed by atoms with Crippen LogP contribution < -0.4 is 5.32 Å². The van der Waals surface area contributed by atoms with Crippen LogP contribution in [-0.2, 0) is 13.1 Å². The molecule has 5 aromatic rings. The number of aromatic nitrogens is 3. The molecule has 8 heteroatoms. The molecule has 0 saturated heterocycles. The number of rotatable bonds is 4. The Morgan fingerprint density at radius 1 is 0.947 bits per heavy atom. The Labute approximate surface area is 218 Å². The molecule has 0 bridgehead atoms. The summed E-state index contributed by atoms with van der Waals surface area (Å²) in [5, 5.41) is 7.81. The number of halogens is 2. The van der Waals surface area contributed by atoms with Crippen LogP contribution in [0.3, 0.4) is 0 Å². The number of nitrogens with one attached hydrogen (secondary N) is 1. The minimum absolute atomic E-state index is 0.224. The van der Waals surface area contributed by atoms with Crippen molar-refractivity contribution < 1.29 is 13.6 Å². The van der Waals surface area contributed by atoms with E-state index >= 15 is 0 Å². The first kappa shape index (κ1) is 23.7. The molecule has 1 unspecified atom stereocenters. The van der Waals surface area contributed by atoms with Crippen molar-refractivity contribution in [3.63, 3.8) is 0 Å². The van der Waals surface area contributed by atoms with Gasteiger partial charge in [-0.3, -0.25) is 0 Å². The van der Waals surface area contributed by atoms with E-state index in [1.54, 1.807) is 23.1 Å². The molecule has 0 radical (unpaired) electrons. The van der Waals surface area contributed by atoms with Crippen LogP contribution in [0.4, 0.5) is 13.6 Å². The Hall–Kier alpha value is -4.72. The molecule has 1 aliphatic rings. The Morgan fingerprint density at radius 2 is 1.74 bits per heavy atom. The largest absolute Gasteiger partial charge is 0.334 e. The normalized spacial score (nSPS) is 14.5. The Morgan fingerprint density at radius 3 is 2.50 bits per heavy atom. The van der Waals surface area contributed by atoms with Gasteiger partial charge in [-0.25, -0.2) is 18.3 Å². The molecule has 2 aromatic heterocycles. The maximum absolute atomic E-state index is 14.4. The van der Waals surface area contributed by atoms with Gasteiger partial charge in [0.15, 0.2) is 0 Å². The van der Waals surface area contributed by atoms with Crippen LogP contribution in [-0.4, -0.2) is 25.3 Å². The van der Waals surface area contributed by atoms with Crippen LogP contribution >= 0.6 is 0 Å². The molecular formula is C30H25F2N5O. The van der Waals surface area contributed by atoms with Gasteiger partial charge in [0.25, 0.3) is 0 Å². The third-order valence-electron chi connectivity index (χ3n) is 6.87. The topological polar surface area (TPSA) is 55.1 Å². The molecule has 3 aromatic carbocycles. The van der Waals surface area contributed by atoms with Crippen molar-refractivity contribution in [2.24, 2.45) is 0 Å². The monoisotopic (exact) mass is 509 g/mol. The second kappa shape index (κ2) is 9.63. The minimum Gasteiger partial charge on any atom is -0.334 e. The fraction of sp³-hybridized carbons (Fsp3) is 0.133. The third-order valence-corrected chi connectivity index (χ3v) is 6.87. The summed E-state index contributed by atoms with van der Waals surface area (Å²) in [6, 6.07) is 25.2. The van der Waals surface area contributed by atoms with Gasteiger partial charge in [0, 0.05) is 18.3 Å². The number of hydrogen-bond acceptors (Lipinski definition) is 2. The van der Waals surface area contributed by atoms with E-state index in [4.69, 9.17) is 5.10 Å². The van der Waals surface area contributed by atoms with Crippen LogP contribution in [0.2, 0.25) is 0 Å². The van der Waals surface area contributed by atoms with Crippen LogP contribution in [0.25, 0.3) is 11.5 Å². The van der Waals surface area contributed by atoms with Crippen LogP contribution in [0, 0.1) is 18.6 Å². The number of hydrogen-bond donors (Lipinski definition) is 1. The SMILES string of the molecule is Cc1nn(-c2ccccc2)c2c1CN(C(=O)NCc1ccc(F)cc1)C(c1cccc(F)c1)c1cccn1-2. The number of fused-ring (bicyclic) bond motifs is 3. The smallest absolute Gasteiger partial charge is 0.318 e. The average Bonchev–Trinajstić information content (AvgIpc) is 3.49. The van der Waals surface area contributed by atoms with Crippen LogP contribution in [0.1, 0.15) is 34.1 Å². The van der Waals surface area contributed by atoms with Gasteiger partial charge in [0.2, 0.25) is 0 Å². The number of para-hydroxylation sites is 1. The summed E-state index contributed by atoms with van der Waals surface area (Å²) in [5.74, 6) is 0.127. The van der Waals surface area contributed by atoms with Gasteiger partial charge in [-0.1, -0.05) is 42.5 Å². The van der Waals surface area contributed by atoms with Gasteiger partial charge in [-0.05, 0) is 66.6 Å². The maximum Gasteiger partial charge on any atom is 0.318 e. The van der Waals surface area contributed by atoms with Crippen molar-refractivity contribution in [1.82, 2.24) is 24.6 Å². The molecule has 38 heavy (non-hydrogen) atoms. The Bertz CT molecular complexity index is 1610. The van der Waals surface area contributed by atoms with Crippen molar-refractivity contribution in [1.29, 1.82) is 0 Å². The maximum atomic E-state index is 14.4. The van der Waals surface area contributed by atoms with Crippen molar-refractivity contribution in [2.45, 2.75) is 26.1 Å². The Balaban J connectivity index is 1.47. The summed E-state index contributed by atoms with van der Waals surface area (Å²) >= 11 is 0. The molecule has 0 saturated carbocycles. The molecule has 2 amide bonds. The summed E-state index contributed by atoms with van der Waals surface area (Å²) in [5.41, 5.74) is 4.82. The summed E-state index contributed by atoms with van der Waals surface area (Å²) in [4.78, 5) is 15.5. The van der Waals surface area contributed by atoms with Gasteiger partial charge < -0.3 is 14.8 Å². The van der Waals surface area contributed by atoms with Crippen molar-refractivity contribution in [3.8, 4) is 11.5 Å². The highest BCUT2D eigenvalue weighted by Gasteiger charge is 2.36. The number of carbonyl (C=O) groups excluding carboxylic acids is 1. The predicted molar refractivity (Wildman–Crippen MR) is 140 cm³/mol. The highest BCUT2D eigenvalue weighted by atomic mass is 19.1. The first-order chi connectivity index (χ1) is 18.5. The first-order valence-electron chi connectivity index (χ1n) is 12.4. The summed E-state index contributed by atoms with van der Waals surface area (Å²) in [6.45, 7) is 2.41. The molecule has 0 spiro atoms. The van der Waals surface area contributed by atoms with Crippen LogP contribution in [0.5, 0.6) is 0 Å². The zero-order chi connectivity index (χ0) is 26.2. The molecule has 0 fully saturated rings. The zero-order valence-electron chi connectivity index (χ0n) is 20.7. The summed E-state index contributed by atoms with van der Waals surface area (Å²) in [6.07, 6.45) is 1.95. The Kier molecular flexibility index (Phi) is 5.99. The molecule has 1 atom stereocenters. The lowest BCUT2D eigenvalue weighted by molar-refractivity contribution is 0.180. The van der Waals surface area contributed by atoms with E-state index in [9.17, 15) is 13.6 Å². The van der Waals surface area contributed by atoms with Gasteiger partial charge in [0.05, 0.1) is 29.7 Å². The lowest BCUT2D eigenvalue weighted by Gasteiger charge is -2.31. The highest BCUT2D eigenvalue weighted by Crippen LogP contribution is 2.38. The molecule has 190 valence electrons. The number of amides is 2. The van der Waals surface area contributed by atoms with Gasteiger partial charge in [0.1, 0.15) is 17.5 Å². The lowest BCUT2D eigenvalue weighted by atomic mass is 10.0. The predicted octanol–water partition coefficient (Wildman–Crippen LogP) is 6.06. The van der Waals surface area contributed by atoms with E-state index in [0.29, 0.717) is 5.56 Å². The van der Waals surface area contributed by atoms with Crippen molar-refractivity contribution in [3.05, 3.63) is 137 Å². The van der Waals surface area contributed by atoms with E-state index in [-0.39, 0.29) is 30.8 Å². The van der Waals surface area contributed by atoms with Gasteiger partial charge in [-0.2, -0.15) is 5.10 Å². The third kappa shape index (κ3) is 4.24. The molecule has 1 N–H and O–H groups in total. The molecule has 6 rings (SSSR count). The minimum atomic E-state index is -0.565. The highest BCUT2D eigenvalue weighted by molar-refractivity contribution is 5.76. The van der Waals surface area contributed by atoms with E-state index in [1.165, 1.54) is 24.3 Å². The average molecular weight is 510 g/mol.